The van der Waals surface area contributed by atoms with E-state index in [0.29, 0.717) is 6.61 Å². The summed E-state index contributed by atoms with van der Waals surface area (Å²) in [7, 11) is 0. The average molecular weight is 483 g/mol. The third kappa shape index (κ3) is 4.53. The maximum atomic E-state index is 11.8. The van der Waals surface area contributed by atoms with Crippen molar-refractivity contribution >= 4 is 28.2 Å². The third-order valence-electron chi connectivity index (χ3n) is 5.95. The summed E-state index contributed by atoms with van der Waals surface area (Å²) in [6, 6.07) is 4.59. The van der Waals surface area contributed by atoms with E-state index in [0.717, 1.165) is 24.0 Å². The van der Waals surface area contributed by atoms with Crippen LogP contribution in [0.15, 0.2) is 58.3 Å². The molecule has 1 aliphatic heterocycles. The topological polar surface area (TPSA) is 26.3 Å². The van der Waals surface area contributed by atoms with Crippen LogP contribution in [-0.4, -0.2) is 31.3 Å². The van der Waals surface area contributed by atoms with Gasteiger partial charge < -0.3 is 0 Å². The molecule has 148 valence electrons. The van der Waals surface area contributed by atoms with Crippen LogP contribution in [0.5, 0.6) is 5.75 Å². The van der Waals surface area contributed by atoms with Crippen molar-refractivity contribution in [3.63, 3.8) is 0 Å². The van der Waals surface area contributed by atoms with Gasteiger partial charge in [0.1, 0.15) is 0 Å². The molecule has 1 aromatic carbocycles. The van der Waals surface area contributed by atoms with Crippen LogP contribution < -0.4 is 8.32 Å². The summed E-state index contributed by atoms with van der Waals surface area (Å²) in [6.07, 6.45) is 22.3. The molecule has 3 rings (SSSR count). The predicted molar refractivity (Wildman–Crippen MR) is 121 cm³/mol. The quantitative estimate of drug-likeness (QED) is 0.326. The van der Waals surface area contributed by atoms with Gasteiger partial charge in [0.15, 0.2) is 0 Å². The van der Waals surface area contributed by atoms with Crippen LogP contribution in [0.1, 0.15) is 55.5 Å². The van der Waals surface area contributed by atoms with Crippen molar-refractivity contribution in [3.05, 3.63) is 69.4 Å². The van der Waals surface area contributed by atoms with Gasteiger partial charge in [0.2, 0.25) is 0 Å². The van der Waals surface area contributed by atoms with Crippen molar-refractivity contribution < 1.29 is 9.53 Å². The molecule has 2 nitrogen and oxygen atoms in total. The first kappa shape index (κ1) is 21.2. The zero-order chi connectivity index (χ0) is 19.8. The summed E-state index contributed by atoms with van der Waals surface area (Å²) >= 11 is -2.96. The molecule has 0 spiro atoms. The molecule has 28 heavy (non-hydrogen) atoms. The number of hydrogen-bond donors (Lipinski definition) is 0. The molecule has 3 heteroatoms. The van der Waals surface area contributed by atoms with E-state index in [1.165, 1.54) is 43.7 Å². The fraction of sp³-hybridized carbons (Fsp3) is 0.400. The standard InChI is InChI=1S/C9H7O2.C8H7.2C4H9.Sn/c10-6-8-3-1-2-7-4-5-11-9(7)8;1-2-4-6-8-7-5-3-1;2*1-3-4-2;/h2-3,6H,4-5H2;1-7H;2*1,3-4H2,2H3;. The van der Waals surface area contributed by atoms with Crippen LogP contribution in [0.3, 0.4) is 0 Å². The normalized spacial score (nSPS) is 15.6. The molecule has 0 saturated heterocycles. The van der Waals surface area contributed by atoms with E-state index in [1.807, 2.05) is 0 Å². The van der Waals surface area contributed by atoms with Gasteiger partial charge >= 0.3 is 174 Å². The minimum atomic E-state index is -2.96. The molecule has 0 fully saturated rings. The Morgan fingerprint density at radius 1 is 1.00 bits per heavy atom. The Balaban J connectivity index is 2.18. The summed E-state index contributed by atoms with van der Waals surface area (Å²) in [5.74, 6) is 0.829. The summed E-state index contributed by atoms with van der Waals surface area (Å²) in [5.41, 5.74) is 1.99. The Labute approximate surface area is 173 Å². The molecule has 1 aliphatic carbocycles. The molecular formula is C25H32O2Sn. The van der Waals surface area contributed by atoms with Gasteiger partial charge in [-0.3, -0.25) is 0 Å². The molecule has 0 atom stereocenters. The molecule has 1 aromatic rings. The van der Waals surface area contributed by atoms with Gasteiger partial charge in [-0.25, -0.2) is 0 Å². The SMILES string of the molecule is CCC[CH2][Sn]([CH2]CCC)([C]1=CC=CC=CC=C1)[c]1cc(C=O)c2c(c1)CCO2. The molecular weight excluding hydrogens is 451 g/mol. The third-order valence-corrected chi connectivity index (χ3v) is 20.9. The van der Waals surface area contributed by atoms with E-state index < -0.39 is 18.4 Å². The second-order valence-corrected chi connectivity index (χ2v) is 20.1. The molecule has 0 radical (unpaired) electrons. The van der Waals surface area contributed by atoms with Crippen LogP contribution in [-0.2, 0) is 6.42 Å². The zero-order valence-corrected chi connectivity index (χ0v) is 20.1. The number of unbranched alkanes of at least 4 members (excludes halogenated alkanes) is 2. The summed E-state index contributed by atoms with van der Waals surface area (Å²) in [4.78, 5) is 11.8. The Hall–Kier alpha value is -1.55. The number of ether oxygens (including phenoxy) is 1. The number of fused-ring (bicyclic) bond motifs is 1. The van der Waals surface area contributed by atoms with Gasteiger partial charge in [-0.15, -0.1) is 0 Å². The van der Waals surface area contributed by atoms with Crippen LogP contribution in [0, 0.1) is 0 Å². The summed E-state index contributed by atoms with van der Waals surface area (Å²) in [6.45, 7) is 5.27. The van der Waals surface area contributed by atoms with Crippen LogP contribution in [0.4, 0.5) is 0 Å². The first-order valence-electron chi connectivity index (χ1n) is 10.7. The van der Waals surface area contributed by atoms with Crippen LogP contribution >= 0.6 is 0 Å². The van der Waals surface area contributed by atoms with E-state index in [9.17, 15) is 4.79 Å². The van der Waals surface area contributed by atoms with Gasteiger partial charge in [0, 0.05) is 0 Å². The number of aldehydes is 1. The number of carbonyl (C=O) groups excluding carboxylic acids is 1. The second-order valence-electron chi connectivity index (χ2n) is 7.81. The summed E-state index contributed by atoms with van der Waals surface area (Å²) < 4.78 is 11.4. The maximum absolute atomic E-state index is 11.8. The van der Waals surface area contributed by atoms with Crippen molar-refractivity contribution in [1.82, 2.24) is 0 Å². The summed E-state index contributed by atoms with van der Waals surface area (Å²) in [5, 5.41) is 0. The van der Waals surface area contributed by atoms with Crippen molar-refractivity contribution in [2.45, 2.75) is 54.8 Å². The second kappa shape index (κ2) is 10.3. The Bertz CT molecular complexity index is 806. The number of benzene rings is 1. The molecule has 0 aromatic heterocycles. The fourth-order valence-corrected chi connectivity index (χ4v) is 19.7. The number of rotatable bonds is 9. The van der Waals surface area contributed by atoms with Gasteiger partial charge in [0.25, 0.3) is 0 Å². The van der Waals surface area contributed by atoms with Crippen molar-refractivity contribution in [2.75, 3.05) is 6.61 Å². The van der Waals surface area contributed by atoms with E-state index in [4.69, 9.17) is 4.74 Å². The molecule has 1 heterocycles. The zero-order valence-electron chi connectivity index (χ0n) is 17.2. The van der Waals surface area contributed by atoms with E-state index in [1.54, 1.807) is 3.59 Å². The number of allylic oxidation sites excluding steroid dienone is 8. The van der Waals surface area contributed by atoms with E-state index >= 15 is 0 Å². The van der Waals surface area contributed by atoms with Gasteiger partial charge in [-0.1, -0.05) is 0 Å². The van der Waals surface area contributed by atoms with E-state index in [2.05, 4.69) is 68.5 Å². The predicted octanol–water partition coefficient (Wildman–Crippen LogP) is 5.84. The Morgan fingerprint density at radius 3 is 2.43 bits per heavy atom. The number of hydrogen-bond acceptors (Lipinski definition) is 2. The molecule has 0 amide bonds. The van der Waals surface area contributed by atoms with Crippen LogP contribution in [0.2, 0.25) is 8.87 Å². The fourth-order valence-electron chi connectivity index (χ4n) is 4.41. The molecule has 0 bridgehead atoms. The molecule has 0 N–H and O–H groups in total. The average Bonchev–Trinajstić information content (AvgIpc) is 3.17. The van der Waals surface area contributed by atoms with Crippen molar-refractivity contribution in [3.8, 4) is 5.75 Å². The monoisotopic (exact) mass is 484 g/mol. The van der Waals surface area contributed by atoms with Gasteiger partial charge in [-0.05, 0) is 0 Å². The Morgan fingerprint density at radius 2 is 1.71 bits per heavy atom. The first-order chi connectivity index (χ1) is 13.7. The van der Waals surface area contributed by atoms with Crippen LogP contribution in [0.25, 0.3) is 0 Å². The molecule has 2 aliphatic rings. The first-order valence-corrected chi connectivity index (χ1v) is 17.6. The molecule has 0 unspecified atom stereocenters. The van der Waals surface area contributed by atoms with Gasteiger partial charge in [0.05, 0.1) is 0 Å². The van der Waals surface area contributed by atoms with Crippen molar-refractivity contribution in [1.29, 1.82) is 0 Å². The van der Waals surface area contributed by atoms with E-state index in [-0.39, 0.29) is 0 Å². The minimum absolute atomic E-state index is 0.697. The van der Waals surface area contributed by atoms with Gasteiger partial charge in [-0.2, -0.15) is 0 Å². The molecule has 0 saturated carbocycles. The van der Waals surface area contributed by atoms with Crippen molar-refractivity contribution in [2.24, 2.45) is 0 Å². The number of carbonyl (C=O) groups is 1. The Kier molecular flexibility index (Phi) is 7.78.